The van der Waals surface area contributed by atoms with Crippen molar-refractivity contribution in [3.8, 4) is 11.5 Å². The number of hydrogen-bond donors (Lipinski definition) is 2. The molecule has 0 spiro atoms. The Hall–Kier alpha value is -1.76. The van der Waals surface area contributed by atoms with Crippen molar-refractivity contribution in [2.75, 3.05) is 18.1 Å². The standard InChI is InChI=1S/C14H18O6S/c15-12-3-1-2-4-13(12)20-9-11(14(16)17)10-5-7-21(18,19)8-6-10/h1-4,10-11,15H,5-9H2,(H,16,17). The molecule has 1 fully saturated rings. The van der Waals surface area contributed by atoms with Crippen molar-refractivity contribution in [1.82, 2.24) is 0 Å². The summed E-state index contributed by atoms with van der Waals surface area (Å²) in [5, 5.41) is 18.9. The molecule has 0 amide bonds. The number of carboxylic acids is 1. The molecule has 0 radical (unpaired) electrons. The quantitative estimate of drug-likeness (QED) is 0.849. The largest absolute Gasteiger partial charge is 0.504 e. The van der Waals surface area contributed by atoms with Crippen LogP contribution in [0.3, 0.4) is 0 Å². The predicted molar refractivity (Wildman–Crippen MR) is 76.1 cm³/mol. The van der Waals surface area contributed by atoms with Crippen LogP contribution < -0.4 is 4.74 Å². The lowest BCUT2D eigenvalue weighted by Crippen LogP contribution is -2.35. The summed E-state index contributed by atoms with van der Waals surface area (Å²) in [5.74, 6) is -1.78. The minimum atomic E-state index is -3.02. The van der Waals surface area contributed by atoms with Crippen molar-refractivity contribution in [2.45, 2.75) is 12.8 Å². The number of para-hydroxylation sites is 2. The number of aliphatic carboxylic acids is 1. The highest BCUT2D eigenvalue weighted by atomic mass is 32.2. The molecule has 0 bridgehead atoms. The molecule has 0 aliphatic carbocycles. The zero-order valence-electron chi connectivity index (χ0n) is 11.4. The Bertz CT molecular complexity index is 596. The number of hydrogen-bond acceptors (Lipinski definition) is 5. The average Bonchev–Trinajstić information content (AvgIpc) is 2.42. The van der Waals surface area contributed by atoms with Gasteiger partial charge in [-0.2, -0.15) is 0 Å². The maximum atomic E-state index is 11.4. The summed E-state index contributed by atoms with van der Waals surface area (Å²) in [6.45, 7) is -0.0857. The van der Waals surface area contributed by atoms with E-state index in [9.17, 15) is 23.4 Å². The van der Waals surface area contributed by atoms with Crippen molar-refractivity contribution in [3.63, 3.8) is 0 Å². The Balaban J connectivity index is 2.00. The molecule has 0 saturated carbocycles. The number of sulfone groups is 1. The van der Waals surface area contributed by atoms with Gasteiger partial charge in [0.1, 0.15) is 16.4 Å². The molecule has 1 aromatic rings. The van der Waals surface area contributed by atoms with Gasteiger partial charge in [0.2, 0.25) is 0 Å². The third kappa shape index (κ3) is 4.10. The Kier molecular flexibility index (Phi) is 4.72. The highest BCUT2D eigenvalue weighted by molar-refractivity contribution is 7.91. The number of carboxylic acid groups (broad SMARTS) is 1. The van der Waals surface area contributed by atoms with E-state index in [1.807, 2.05) is 0 Å². The summed E-state index contributed by atoms with van der Waals surface area (Å²) >= 11 is 0. The van der Waals surface area contributed by atoms with E-state index in [4.69, 9.17) is 4.74 Å². The van der Waals surface area contributed by atoms with Gasteiger partial charge in [-0.05, 0) is 30.9 Å². The Morgan fingerprint density at radius 1 is 1.29 bits per heavy atom. The van der Waals surface area contributed by atoms with Gasteiger partial charge in [0.25, 0.3) is 0 Å². The summed E-state index contributed by atoms with van der Waals surface area (Å²) in [5.41, 5.74) is 0. The second-order valence-electron chi connectivity index (χ2n) is 5.21. The van der Waals surface area contributed by atoms with Crippen LogP contribution in [0.4, 0.5) is 0 Å². The lowest BCUT2D eigenvalue weighted by Gasteiger charge is -2.27. The van der Waals surface area contributed by atoms with Gasteiger partial charge < -0.3 is 14.9 Å². The monoisotopic (exact) mass is 314 g/mol. The number of rotatable bonds is 5. The van der Waals surface area contributed by atoms with Crippen LogP contribution in [0.1, 0.15) is 12.8 Å². The normalized spacial score (nSPS) is 19.8. The number of carbonyl (C=O) groups is 1. The van der Waals surface area contributed by atoms with Crippen molar-refractivity contribution in [2.24, 2.45) is 11.8 Å². The van der Waals surface area contributed by atoms with E-state index in [1.165, 1.54) is 6.07 Å². The van der Waals surface area contributed by atoms with Gasteiger partial charge >= 0.3 is 5.97 Å². The second kappa shape index (κ2) is 6.34. The lowest BCUT2D eigenvalue weighted by molar-refractivity contribution is -0.145. The Morgan fingerprint density at radius 2 is 1.90 bits per heavy atom. The highest BCUT2D eigenvalue weighted by Gasteiger charge is 2.34. The molecule has 2 rings (SSSR count). The van der Waals surface area contributed by atoms with Crippen molar-refractivity contribution in [1.29, 1.82) is 0 Å². The molecule has 21 heavy (non-hydrogen) atoms. The number of ether oxygens (including phenoxy) is 1. The number of phenols is 1. The van der Waals surface area contributed by atoms with Crippen LogP contribution >= 0.6 is 0 Å². The van der Waals surface area contributed by atoms with E-state index >= 15 is 0 Å². The molecule has 1 saturated heterocycles. The Labute approximate surface area is 123 Å². The average molecular weight is 314 g/mol. The van der Waals surface area contributed by atoms with Crippen LogP contribution in [0.5, 0.6) is 11.5 Å². The fourth-order valence-corrected chi connectivity index (χ4v) is 4.01. The topological polar surface area (TPSA) is 101 Å². The van der Waals surface area contributed by atoms with Crippen molar-refractivity contribution in [3.05, 3.63) is 24.3 Å². The summed E-state index contributed by atoms with van der Waals surface area (Å²) in [6, 6.07) is 6.33. The molecule has 7 heteroatoms. The maximum Gasteiger partial charge on any atom is 0.310 e. The third-order valence-corrected chi connectivity index (χ3v) is 5.48. The molecule has 1 aromatic carbocycles. The molecule has 1 unspecified atom stereocenters. The molecule has 1 aliphatic heterocycles. The van der Waals surface area contributed by atoms with Crippen molar-refractivity contribution >= 4 is 15.8 Å². The fraction of sp³-hybridized carbons (Fsp3) is 0.500. The molecule has 1 aliphatic rings. The summed E-state index contributed by atoms with van der Waals surface area (Å²) in [6.07, 6.45) is 0.673. The first kappa shape index (κ1) is 15.6. The molecule has 6 nitrogen and oxygen atoms in total. The zero-order valence-corrected chi connectivity index (χ0v) is 12.3. The van der Waals surface area contributed by atoms with Gasteiger partial charge in [-0.25, -0.2) is 8.42 Å². The molecular weight excluding hydrogens is 296 g/mol. The second-order valence-corrected chi connectivity index (χ2v) is 7.52. The summed E-state index contributed by atoms with van der Waals surface area (Å²) < 4.78 is 28.2. The van der Waals surface area contributed by atoms with Gasteiger partial charge in [-0.15, -0.1) is 0 Å². The number of benzene rings is 1. The first-order valence-electron chi connectivity index (χ1n) is 6.73. The number of phenolic OH excluding ortho intramolecular Hbond substituents is 1. The van der Waals surface area contributed by atoms with E-state index in [1.54, 1.807) is 18.2 Å². The van der Waals surface area contributed by atoms with Crippen LogP contribution in [-0.4, -0.2) is 42.7 Å². The van der Waals surface area contributed by atoms with Gasteiger partial charge in [-0.3, -0.25) is 4.79 Å². The Morgan fingerprint density at radius 3 is 2.48 bits per heavy atom. The predicted octanol–water partition coefficient (Wildman–Crippen LogP) is 1.30. The first-order chi connectivity index (χ1) is 9.89. The zero-order chi connectivity index (χ0) is 15.5. The molecule has 2 N–H and O–H groups in total. The molecule has 1 atom stereocenters. The van der Waals surface area contributed by atoms with Crippen LogP contribution in [0, 0.1) is 11.8 Å². The maximum absolute atomic E-state index is 11.4. The van der Waals surface area contributed by atoms with E-state index in [0.29, 0.717) is 12.8 Å². The number of aromatic hydroxyl groups is 1. The minimum absolute atomic E-state index is 0.0258. The first-order valence-corrected chi connectivity index (χ1v) is 8.55. The fourth-order valence-electron chi connectivity index (χ4n) is 2.48. The SMILES string of the molecule is O=C(O)C(COc1ccccc1O)C1CCS(=O)(=O)CC1. The van der Waals surface area contributed by atoms with Crippen LogP contribution in [-0.2, 0) is 14.6 Å². The minimum Gasteiger partial charge on any atom is -0.504 e. The highest BCUT2D eigenvalue weighted by Crippen LogP contribution is 2.29. The molecule has 116 valence electrons. The van der Waals surface area contributed by atoms with Gasteiger partial charge in [0.05, 0.1) is 17.4 Å². The molecule has 1 heterocycles. The van der Waals surface area contributed by atoms with E-state index in [0.717, 1.165) is 0 Å². The molecular formula is C14H18O6S. The van der Waals surface area contributed by atoms with Crippen LogP contribution in [0.2, 0.25) is 0 Å². The lowest BCUT2D eigenvalue weighted by atomic mass is 9.88. The van der Waals surface area contributed by atoms with Crippen LogP contribution in [0.15, 0.2) is 24.3 Å². The van der Waals surface area contributed by atoms with Gasteiger partial charge in [-0.1, -0.05) is 12.1 Å². The van der Waals surface area contributed by atoms with E-state index in [2.05, 4.69) is 0 Å². The summed E-state index contributed by atoms with van der Waals surface area (Å²) in [7, 11) is -3.02. The van der Waals surface area contributed by atoms with Gasteiger partial charge in [0.15, 0.2) is 11.5 Å². The summed E-state index contributed by atoms with van der Waals surface area (Å²) in [4.78, 5) is 11.4. The van der Waals surface area contributed by atoms with Gasteiger partial charge in [0, 0.05) is 0 Å². The van der Waals surface area contributed by atoms with Crippen molar-refractivity contribution < 1.29 is 28.2 Å². The smallest absolute Gasteiger partial charge is 0.310 e. The third-order valence-electron chi connectivity index (χ3n) is 3.77. The van der Waals surface area contributed by atoms with Crippen LogP contribution in [0.25, 0.3) is 0 Å². The van der Waals surface area contributed by atoms with E-state index < -0.39 is 21.7 Å². The van der Waals surface area contributed by atoms with E-state index in [-0.39, 0.29) is 35.5 Å². The molecule has 0 aromatic heterocycles.